The largest absolute Gasteiger partial charge is 0.393 e. The molecule has 2 N–H and O–H groups in total. The highest BCUT2D eigenvalue weighted by Gasteiger charge is 2.35. The molecule has 0 radical (unpaired) electrons. The van der Waals surface area contributed by atoms with Gasteiger partial charge in [0, 0.05) is 18.5 Å². The van der Waals surface area contributed by atoms with Crippen molar-refractivity contribution < 1.29 is 9.90 Å². The molecule has 1 atom stereocenters. The van der Waals surface area contributed by atoms with Crippen LogP contribution in [0.2, 0.25) is 0 Å². The lowest BCUT2D eigenvalue weighted by Crippen LogP contribution is -2.48. The average Bonchev–Trinajstić information content (AvgIpc) is 2.97. The number of hydrogen-bond donors (Lipinski definition) is 2. The van der Waals surface area contributed by atoms with Gasteiger partial charge in [-0.3, -0.25) is 9.48 Å². The normalized spacial score (nSPS) is 20.5. The Morgan fingerprint density at radius 3 is 2.62 bits per heavy atom. The first-order chi connectivity index (χ1) is 12.6. The molecule has 1 aliphatic carbocycles. The van der Waals surface area contributed by atoms with Gasteiger partial charge < -0.3 is 10.4 Å². The lowest BCUT2D eigenvalue weighted by atomic mass is 9.75. The first kappa shape index (κ1) is 16.8. The molecule has 134 valence electrons. The molecule has 2 aromatic carbocycles. The first-order valence-electron chi connectivity index (χ1n) is 9.06. The van der Waals surface area contributed by atoms with Crippen molar-refractivity contribution >= 4 is 16.8 Å². The van der Waals surface area contributed by atoms with E-state index < -0.39 is 0 Å². The van der Waals surface area contributed by atoms with E-state index in [1.807, 2.05) is 49.5 Å². The van der Waals surface area contributed by atoms with Gasteiger partial charge in [0.15, 0.2) is 5.69 Å². The highest BCUT2D eigenvalue weighted by molar-refractivity contribution is 6.04. The van der Waals surface area contributed by atoms with Crippen molar-refractivity contribution in [1.29, 1.82) is 0 Å². The Morgan fingerprint density at radius 2 is 1.88 bits per heavy atom. The van der Waals surface area contributed by atoms with Crippen LogP contribution in [-0.4, -0.2) is 32.9 Å². The van der Waals surface area contributed by atoms with E-state index in [0.717, 1.165) is 30.2 Å². The number of aromatic nitrogens is 2. The van der Waals surface area contributed by atoms with Crippen LogP contribution < -0.4 is 5.32 Å². The third-order valence-corrected chi connectivity index (χ3v) is 5.31. The number of nitrogens with one attached hydrogen (secondary N) is 1. The molecular formula is C21H23N3O2. The molecule has 1 amide bonds. The Balaban J connectivity index is 1.57. The van der Waals surface area contributed by atoms with E-state index in [4.69, 9.17) is 0 Å². The third kappa shape index (κ3) is 3.22. The summed E-state index contributed by atoms with van der Waals surface area (Å²) < 4.78 is 1.74. The van der Waals surface area contributed by atoms with Crippen LogP contribution >= 0.6 is 0 Å². The number of amides is 1. The number of hydrogen-bond acceptors (Lipinski definition) is 3. The molecule has 26 heavy (non-hydrogen) atoms. The molecule has 0 unspecified atom stereocenters. The van der Waals surface area contributed by atoms with Crippen LogP contribution in [0.5, 0.6) is 0 Å². The van der Waals surface area contributed by atoms with E-state index in [0.29, 0.717) is 11.6 Å². The predicted octanol–water partition coefficient (Wildman–Crippen LogP) is 2.69. The minimum Gasteiger partial charge on any atom is -0.393 e. The average molecular weight is 349 g/mol. The zero-order valence-electron chi connectivity index (χ0n) is 14.8. The lowest BCUT2D eigenvalue weighted by molar-refractivity contribution is 0.0239. The number of aliphatic hydroxyl groups is 1. The molecule has 1 aromatic heterocycles. The van der Waals surface area contributed by atoms with Gasteiger partial charge in [-0.05, 0) is 36.8 Å². The van der Waals surface area contributed by atoms with Crippen LogP contribution in [0.1, 0.15) is 28.9 Å². The van der Waals surface area contributed by atoms with Gasteiger partial charge in [-0.15, -0.1) is 0 Å². The Bertz CT molecular complexity index is 913. The number of carbonyl (C=O) groups excluding carboxylic acids is 1. The molecule has 0 saturated heterocycles. The van der Waals surface area contributed by atoms with Gasteiger partial charge in [0.1, 0.15) is 0 Å². The first-order valence-corrected chi connectivity index (χ1v) is 9.06. The number of aliphatic hydroxyl groups excluding tert-OH is 1. The monoisotopic (exact) mass is 349 g/mol. The van der Waals surface area contributed by atoms with E-state index >= 15 is 0 Å². The summed E-state index contributed by atoms with van der Waals surface area (Å²) in [7, 11) is 1.85. The van der Waals surface area contributed by atoms with Crippen molar-refractivity contribution in [2.24, 2.45) is 13.0 Å². The lowest BCUT2D eigenvalue weighted by Gasteiger charge is -2.38. The standard InChI is InChI=1S/C21H23N3O2/c1-24-19-10-6-5-9-17(19)20(23-24)21(26)22-18(15-12-16(25)13-15)11-14-7-3-2-4-8-14/h2-10,15-16,18,25H,11-13H2,1H3,(H,22,26)/t15?,16?,18-/m0/s1. The van der Waals surface area contributed by atoms with Gasteiger partial charge in [-0.2, -0.15) is 5.10 Å². The molecule has 1 fully saturated rings. The van der Waals surface area contributed by atoms with Crippen LogP contribution in [0.15, 0.2) is 54.6 Å². The molecule has 1 saturated carbocycles. The SMILES string of the molecule is Cn1nc(C(=O)N[C@@H](Cc2ccccc2)C2CC(O)C2)c2ccccc21. The molecule has 0 spiro atoms. The van der Waals surface area contributed by atoms with Gasteiger partial charge in [0.2, 0.25) is 0 Å². The summed E-state index contributed by atoms with van der Waals surface area (Å²) in [6.45, 7) is 0. The predicted molar refractivity (Wildman–Crippen MR) is 101 cm³/mol. The second kappa shape index (κ2) is 6.92. The summed E-state index contributed by atoms with van der Waals surface area (Å²) in [5.74, 6) is 0.147. The minimum absolute atomic E-state index is 0.00549. The molecule has 1 heterocycles. The van der Waals surface area contributed by atoms with E-state index in [1.54, 1.807) is 4.68 Å². The number of nitrogens with zero attached hydrogens (tertiary/aromatic N) is 2. The van der Waals surface area contributed by atoms with Crippen LogP contribution in [-0.2, 0) is 13.5 Å². The number of fused-ring (bicyclic) bond motifs is 1. The Labute approximate surface area is 152 Å². The topological polar surface area (TPSA) is 67.2 Å². The summed E-state index contributed by atoms with van der Waals surface area (Å²) in [5, 5.41) is 18.2. The fourth-order valence-electron chi connectivity index (χ4n) is 3.78. The number of rotatable bonds is 5. The maximum atomic E-state index is 12.9. The van der Waals surface area contributed by atoms with E-state index in [1.165, 1.54) is 5.56 Å². The van der Waals surface area contributed by atoms with Gasteiger partial charge in [0.05, 0.1) is 11.6 Å². The summed E-state index contributed by atoms with van der Waals surface area (Å²) in [4.78, 5) is 12.9. The second-order valence-corrected chi connectivity index (χ2v) is 7.14. The maximum absolute atomic E-state index is 12.9. The fraction of sp³-hybridized carbons (Fsp3) is 0.333. The van der Waals surface area contributed by atoms with Crippen molar-refractivity contribution in [1.82, 2.24) is 15.1 Å². The van der Waals surface area contributed by atoms with E-state index in [2.05, 4.69) is 22.5 Å². The summed E-state index contributed by atoms with van der Waals surface area (Å²) in [6, 6.07) is 17.9. The maximum Gasteiger partial charge on any atom is 0.272 e. The van der Waals surface area contributed by atoms with Gasteiger partial charge in [0.25, 0.3) is 5.91 Å². The quantitative estimate of drug-likeness (QED) is 0.744. The van der Waals surface area contributed by atoms with Crippen LogP contribution in [0.25, 0.3) is 10.9 Å². The van der Waals surface area contributed by atoms with Crippen LogP contribution in [0, 0.1) is 5.92 Å². The van der Waals surface area contributed by atoms with Gasteiger partial charge in [-0.25, -0.2) is 0 Å². The fourth-order valence-corrected chi connectivity index (χ4v) is 3.78. The molecular weight excluding hydrogens is 326 g/mol. The number of benzene rings is 2. The molecule has 5 heteroatoms. The summed E-state index contributed by atoms with van der Waals surface area (Å²) in [5.41, 5.74) is 2.59. The second-order valence-electron chi connectivity index (χ2n) is 7.14. The summed E-state index contributed by atoms with van der Waals surface area (Å²) in [6.07, 6.45) is 1.99. The van der Waals surface area contributed by atoms with Crippen molar-refractivity contribution in [3.63, 3.8) is 0 Å². The van der Waals surface area contributed by atoms with Gasteiger partial charge >= 0.3 is 0 Å². The van der Waals surface area contributed by atoms with Crippen LogP contribution in [0.3, 0.4) is 0 Å². The molecule has 0 aliphatic heterocycles. The van der Waals surface area contributed by atoms with Crippen LogP contribution in [0.4, 0.5) is 0 Å². The van der Waals surface area contributed by atoms with Crippen molar-refractivity contribution in [2.45, 2.75) is 31.4 Å². The Hall–Kier alpha value is -2.66. The third-order valence-electron chi connectivity index (χ3n) is 5.31. The zero-order valence-corrected chi connectivity index (χ0v) is 14.8. The smallest absolute Gasteiger partial charge is 0.272 e. The number of aryl methyl sites for hydroxylation is 1. The Kier molecular flexibility index (Phi) is 4.47. The minimum atomic E-state index is -0.245. The molecule has 1 aliphatic rings. The highest BCUT2D eigenvalue weighted by atomic mass is 16.3. The van der Waals surface area contributed by atoms with Gasteiger partial charge in [-0.1, -0.05) is 48.5 Å². The zero-order chi connectivity index (χ0) is 18.1. The number of para-hydroxylation sites is 1. The molecule has 3 aromatic rings. The van der Waals surface area contributed by atoms with Crippen molar-refractivity contribution in [2.75, 3.05) is 0 Å². The Morgan fingerprint density at radius 1 is 1.19 bits per heavy atom. The molecule has 5 nitrogen and oxygen atoms in total. The highest BCUT2D eigenvalue weighted by Crippen LogP contribution is 2.32. The van der Waals surface area contributed by atoms with E-state index in [-0.39, 0.29) is 18.1 Å². The molecule has 0 bridgehead atoms. The number of carbonyl (C=O) groups is 1. The van der Waals surface area contributed by atoms with Crippen molar-refractivity contribution in [3.05, 3.63) is 65.9 Å². The molecule has 4 rings (SSSR count). The summed E-state index contributed by atoms with van der Waals surface area (Å²) >= 11 is 0. The van der Waals surface area contributed by atoms with E-state index in [9.17, 15) is 9.90 Å². The van der Waals surface area contributed by atoms with Crippen molar-refractivity contribution in [3.8, 4) is 0 Å².